The number of aliphatic hydroxyl groups excluding tert-OH is 1. The molecule has 5 rings (SSSR count). The Morgan fingerprint density at radius 2 is 1.73 bits per heavy atom. The lowest BCUT2D eigenvalue weighted by molar-refractivity contribution is 0.00479. The highest BCUT2D eigenvalue weighted by Crippen LogP contribution is 2.35. The van der Waals surface area contributed by atoms with Crippen molar-refractivity contribution in [3.05, 3.63) is 47.3 Å². The number of aromatic nitrogens is 2. The van der Waals surface area contributed by atoms with E-state index in [1.807, 2.05) is 0 Å². The van der Waals surface area contributed by atoms with E-state index in [4.69, 9.17) is 18.9 Å². The van der Waals surface area contributed by atoms with Crippen LogP contribution in [0.2, 0.25) is 25.7 Å². The zero-order chi connectivity index (χ0) is 26.5. The monoisotopic (exact) mass is 536 g/mol. The van der Waals surface area contributed by atoms with E-state index in [2.05, 4.69) is 24.6 Å². The summed E-state index contributed by atoms with van der Waals surface area (Å²) in [6.45, 7) is 9.24. The number of nitrogens with zero attached hydrogens (tertiary/aromatic N) is 2. The van der Waals surface area contributed by atoms with E-state index in [-0.39, 0.29) is 19.9 Å². The van der Waals surface area contributed by atoms with Crippen LogP contribution in [0.5, 0.6) is 5.88 Å². The van der Waals surface area contributed by atoms with Crippen LogP contribution < -0.4 is 4.74 Å². The molecular weight excluding hydrogens is 505 g/mol. The Morgan fingerprint density at radius 3 is 2.43 bits per heavy atom. The average molecular weight is 537 g/mol. The molecule has 1 aromatic carbocycles. The third-order valence-corrected chi connectivity index (χ3v) is 8.40. The van der Waals surface area contributed by atoms with Crippen molar-refractivity contribution in [3.63, 3.8) is 0 Å². The van der Waals surface area contributed by atoms with Gasteiger partial charge in [0.2, 0.25) is 0 Å². The van der Waals surface area contributed by atoms with E-state index in [1.54, 1.807) is 17.6 Å². The minimum absolute atomic E-state index is 0.0716. The van der Waals surface area contributed by atoms with Crippen molar-refractivity contribution >= 4 is 19.1 Å². The second-order valence-electron chi connectivity index (χ2n) is 10.9. The SMILES string of the molecule is Cc1cc(F)c(-c2nc3cc(O[C@@H]4CO[C@H]5[C@@H]4OC[C@H]5O)n(COCC[Si](C)(C)C)c3cc2F)c(F)c1. The first kappa shape index (κ1) is 26.2. The maximum absolute atomic E-state index is 15.3. The fourth-order valence-electron chi connectivity index (χ4n) is 4.70. The molecule has 4 heterocycles. The second-order valence-corrected chi connectivity index (χ2v) is 16.5. The topological polar surface area (TPSA) is 75.0 Å². The highest BCUT2D eigenvalue weighted by Gasteiger charge is 2.48. The van der Waals surface area contributed by atoms with Gasteiger partial charge in [0.15, 0.2) is 17.8 Å². The van der Waals surface area contributed by atoms with Crippen LogP contribution in [0.15, 0.2) is 24.3 Å². The van der Waals surface area contributed by atoms with Crippen LogP contribution in [0.4, 0.5) is 13.2 Å². The van der Waals surface area contributed by atoms with Gasteiger partial charge in [-0.2, -0.15) is 0 Å². The molecule has 2 aromatic heterocycles. The molecule has 1 N–H and O–H groups in total. The summed E-state index contributed by atoms with van der Waals surface area (Å²) >= 11 is 0. The molecule has 2 fully saturated rings. The summed E-state index contributed by atoms with van der Waals surface area (Å²) in [5, 5.41) is 10.1. The zero-order valence-corrected chi connectivity index (χ0v) is 22.3. The van der Waals surface area contributed by atoms with Gasteiger partial charge >= 0.3 is 0 Å². The standard InChI is InChI=1S/C26H31F3N2O5Si/c1-14-7-15(27)23(16(28)8-14)24-17(29)9-19-18(30-24)10-22(31(19)13-33-5-6-37(2,3)4)36-21-12-35-25-20(32)11-34-26(21)25/h7-10,20-21,25-26,32H,5-6,11-13H2,1-4H3/t20-,21-,25-,26-/m1/s1. The predicted octanol–water partition coefficient (Wildman–Crippen LogP) is 4.65. The summed E-state index contributed by atoms with van der Waals surface area (Å²) in [6.07, 6.45) is -2.17. The first-order valence-electron chi connectivity index (χ1n) is 12.3. The summed E-state index contributed by atoms with van der Waals surface area (Å²) in [5.41, 5.74) is 0.0978. The number of pyridine rings is 1. The van der Waals surface area contributed by atoms with Crippen molar-refractivity contribution in [2.75, 3.05) is 19.8 Å². The van der Waals surface area contributed by atoms with Gasteiger partial charge in [-0.15, -0.1) is 0 Å². The molecule has 37 heavy (non-hydrogen) atoms. The van der Waals surface area contributed by atoms with Crippen LogP contribution in [0.25, 0.3) is 22.3 Å². The molecule has 4 atom stereocenters. The van der Waals surface area contributed by atoms with Crippen molar-refractivity contribution < 1.29 is 37.2 Å². The quantitative estimate of drug-likeness (QED) is 0.334. The smallest absolute Gasteiger partial charge is 0.198 e. The molecule has 3 aromatic rings. The molecule has 2 aliphatic heterocycles. The molecule has 0 saturated carbocycles. The summed E-state index contributed by atoms with van der Waals surface area (Å²) in [7, 11) is -1.33. The van der Waals surface area contributed by atoms with E-state index in [9.17, 15) is 13.9 Å². The van der Waals surface area contributed by atoms with Crippen LogP contribution in [0.3, 0.4) is 0 Å². The molecule has 0 bridgehead atoms. The van der Waals surface area contributed by atoms with Crippen LogP contribution in [0.1, 0.15) is 5.56 Å². The molecule has 0 amide bonds. The Labute approximate surface area is 214 Å². The zero-order valence-electron chi connectivity index (χ0n) is 21.3. The van der Waals surface area contributed by atoms with Gasteiger partial charge in [-0.25, -0.2) is 18.2 Å². The normalized spacial score (nSPS) is 23.7. The maximum atomic E-state index is 15.3. The molecular formula is C26H31F3N2O5Si. The number of rotatable bonds is 8. The lowest BCUT2D eigenvalue weighted by atomic mass is 10.1. The van der Waals surface area contributed by atoms with Gasteiger partial charge in [-0.3, -0.25) is 4.57 Å². The molecule has 0 aliphatic carbocycles. The van der Waals surface area contributed by atoms with Gasteiger partial charge in [0.1, 0.15) is 42.4 Å². The Bertz CT molecular complexity index is 1290. The van der Waals surface area contributed by atoms with E-state index < -0.39 is 61.2 Å². The van der Waals surface area contributed by atoms with Crippen molar-refractivity contribution in [1.82, 2.24) is 9.55 Å². The van der Waals surface area contributed by atoms with Gasteiger partial charge in [-0.05, 0) is 30.7 Å². The van der Waals surface area contributed by atoms with E-state index in [0.717, 1.165) is 18.2 Å². The average Bonchev–Trinajstić information content (AvgIpc) is 3.46. The van der Waals surface area contributed by atoms with E-state index >= 15 is 4.39 Å². The highest BCUT2D eigenvalue weighted by molar-refractivity contribution is 6.76. The second kappa shape index (κ2) is 10.0. The number of hydrogen-bond donors (Lipinski definition) is 1. The van der Waals surface area contributed by atoms with Crippen LogP contribution in [-0.2, 0) is 20.9 Å². The van der Waals surface area contributed by atoms with E-state index in [1.165, 1.54) is 6.07 Å². The fourth-order valence-corrected chi connectivity index (χ4v) is 5.45. The van der Waals surface area contributed by atoms with Gasteiger partial charge in [0, 0.05) is 26.8 Å². The molecule has 0 unspecified atom stereocenters. The maximum Gasteiger partial charge on any atom is 0.198 e. The summed E-state index contributed by atoms with van der Waals surface area (Å²) < 4.78 is 69.7. The van der Waals surface area contributed by atoms with Gasteiger partial charge in [0.25, 0.3) is 0 Å². The number of halogens is 3. The number of benzene rings is 1. The summed E-state index contributed by atoms with van der Waals surface area (Å²) in [5.74, 6) is -2.32. The number of ether oxygens (including phenoxy) is 4. The lowest BCUT2D eigenvalue weighted by Crippen LogP contribution is -2.35. The minimum atomic E-state index is -1.33. The first-order valence-corrected chi connectivity index (χ1v) is 16.0. The molecule has 200 valence electrons. The largest absolute Gasteiger partial charge is 0.470 e. The lowest BCUT2D eigenvalue weighted by Gasteiger charge is -2.20. The highest BCUT2D eigenvalue weighted by atomic mass is 28.3. The van der Waals surface area contributed by atoms with Crippen molar-refractivity contribution in [2.24, 2.45) is 0 Å². The molecule has 7 nitrogen and oxygen atoms in total. The molecule has 2 saturated heterocycles. The number of aryl methyl sites for hydroxylation is 1. The third-order valence-electron chi connectivity index (χ3n) is 6.70. The Hall–Kier alpha value is -2.44. The van der Waals surface area contributed by atoms with Gasteiger partial charge in [0.05, 0.1) is 29.8 Å². The van der Waals surface area contributed by atoms with Crippen molar-refractivity contribution in [2.45, 2.75) is 63.8 Å². The fraction of sp³-hybridized carbons (Fsp3) is 0.500. The van der Waals surface area contributed by atoms with Gasteiger partial charge < -0.3 is 24.1 Å². The minimum Gasteiger partial charge on any atom is -0.470 e. The molecule has 0 spiro atoms. The Balaban J connectivity index is 1.51. The number of fused-ring (bicyclic) bond motifs is 2. The van der Waals surface area contributed by atoms with Gasteiger partial charge in [-0.1, -0.05) is 19.6 Å². The van der Waals surface area contributed by atoms with Crippen LogP contribution in [-0.4, -0.2) is 67.0 Å². The van der Waals surface area contributed by atoms with Crippen molar-refractivity contribution in [3.8, 4) is 17.1 Å². The predicted molar refractivity (Wildman–Crippen MR) is 134 cm³/mol. The molecule has 0 radical (unpaired) electrons. The summed E-state index contributed by atoms with van der Waals surface area (Å²) in [6, 6.07) is 6.00. The third kappa shape index (κ3) is 5.28. The Kier molecular flexibility index (Phi) is 7.09. The number of aliphatic hydroxyl groups is 1. The molecule has 2 aliphatic rings. The number of hydrogen-bond acceptors (Lipinski definition) is 6. The van der Waals surface area contributed by atoms with E-state index in [0.29, 0.717) is 29.1 Å². The van der Waals surface area contributed by atoms with Crippen LogP contribution >= 0.6 is 0 Å². The molecule has 11 heteroatoms. The summed E-state index contributed by atoms with van der Waals surface area (Å²) in [4.78, 5) is 4.29. The Morgan fingerprint density at radius 1 is 1.03 bits per heavy atom. The van der Waals surface area contributed by atoms with Crippen molar-refractivity contribution in [1.29, 1.82) is 0 Å². The first-order chi connectivity index (χ1) is 17.5. The van der Waals surface area contributed by atoms with Crippen LogP contribution in [0, 0.1) is 24.4 Å².